The normalized spacial score (nSPS) is 12.4. The molecular weight excluding hydrogens is 434 g/mol. The van der Waals surface area contributed by atoms with Crippen LogP contribution in [0.15, 0.2) is 53.6 Å². The fourth-order valence-electron chi connectivity index (χ4n) is 2.81. The van der Waals surface area contributed by atoms with Crippen molar-refractivity contribution in [3.63, 3.8) is 0 Å². The highest BCUT2D eigenvalue weighted by molar-refractivity contribution is 7.89. The molecule has 0 fully saturated rings. The molecule has 0 aliphatic heterocycles. The van der Waals surface area contributed by atoms with Crippen molar-refractivity contribution in [2.24, 2.45) is 10.9 Å². The van der Waals surface area contributed by atoms with Crippen molar-refractivity contribution in [3.05, 3.63) is 59.7 Å². The van der Waals surface area contributed by atoms with Crippen LogP contribution >= 0.6 is 0 Å². The molecule has 172 valence electrons. The topological polar surface area (TPSA) is 163 Å². The third kappa shape index (κ3) is 8.00. The van der Waals surface area contributed by atoms with E-state index in [2.05, 4.69) is 20.5 Å². The molecule has 11 heteroatoms. The summed E-state index contributed by atoms with van der Waals surface area (Å²) < 4.78 is 26.3. The Morgan fingerprint density at radius 3 is 2.50 bits per heavy atom. The fourth-order valence-corrected chi connectivity index (χ4v) is 4.22. The predicted molar refractivity (Wildman–Crippen MR) is 124 cm³/mol. The van der Waals surface area contributed by atoms with Gasteiger partial charge < -0.3 is 21.6 Å². The summed E-state index contributed by atoms with van der Waals surface area (Å²) in [6.45, 7) is 1.86. The summed E-state index contributed by atoms with van der Waals surface area (Å²) in [5, 5.41) is 18.3. The Labute approximate surface area is 187 Å². The standard InChI is InChI=1S/C21H27N5O5S/c1-2-3-11-32(30,31)26-19(21(28)29)12-15-7-9-17(10-8-15)25-20(27)16-5-4-6-18(13-16)23-14-24-22/h4-10,13-14,19,26H,2-3,11-12,22H2,1H3,(H,23,24)(H,25,27)(H,28,29)/t19-/m0/s1. The SMILES string of the molecule is CCCCS(=O)(=O)N[C@@H](Cc1ccc(NC(=O)c2cccc(NC=NN)c2)cc1)C(=O)O. The van der Waals surface area contributed by atoms with E-state index in [-0.39, 0.29) is 18.1 Å². The third-order valence-electron chi connectivity index (χ3n) is 4.47. The van der Waals surface area contributed by atoms with Gasteiger partial charge in [-0.05, 0) is 48.7 Å². The predicted octanol–water partition coefficient (Wildman–Crippen LogP) is 1.97. The Morgan fingerprint density at radius 2 is 1.88 bits per heavy atom. The number of amides is 1. The molecule has 0 unspecified atom stereocenters. The number of anilines is 2. The van der Waals surface area contributed by atoms with E-state index in [1.165, 1.54) is 6.34 Å². The molecule has 6 N–H and O–H groups in total. The number of carbonyl (C=O) groups excluding carboxylic acids is 1. The Kier molecular flexibility index (Phi) is 9.17. The summed E-state index contributed by atoms with van der Waals surface area (Å²) in [4.78, 5) is 24.0. The van der Waals surface area contributed by atoms with Gasteiger partial charge in [-0.25, -0.2) is 13.1 Å². The van der Waals surface area contributed by atoms with Crippen molar-refractivity contribution in [2.75, 3.05) is 16.4 Å². The number of nitrogens with one attached hydrogen (secondary N) is 3. The van der Waals surface area contributed by atoms with Crippen LogP contribution in [0.5, 0.6) is 0 Å². The number of sulfonamides is 1. The summed E-state index contributed by atoms with van der Waals surface area (Å²) in [5.74, 6) is 3.34. The van der Waals surface area contributed by atoms with E-state index in [0.717, 1.165) is 0 Å². The van der Waals surface area contributed by atoms with Crippen molar-refractivity contribution in [3.8, 4) is 0 Å². The van der Waals surface area contributed by atoms with Crippen molar-refractivity contribution in [1.29, 1.82) is 0 Å². The van der Waals surface area contributed by atoms with Gasteiger partial charge in [0.1, 0.15) is 12.4 Å². The van der Waals surface area contributed by atoms with Gasteiger partial charge in [-0.15, -0.1) is 0 Å². The minimum absolute atomic E-state index is 0.0225. The summed E-state index contributed by atoms with van der Waals surface area (Å²) in [6.07, 6.45) is 2.42. The zero-order valence-corrected chi connectivity index (χ0v) is 18.4. The Bertz CT molecular complexity index is 1050. The number of carboxylic acids is 1. The van der Waals surface area contributed by atoms with Gasteiger partial charge in [0.15, 0.2) is 0 Å². The number of unbranched alkanes of at least 4 members (excludes halogenated alkanes) is 1. The number of hydrogen-bond donors (Lipinski definition) is 5. The van der Waals surface area contributed by atoms with Crippen LogP contribution in [0.25, 0.3) is 0 Å². The van der Waals surface area contributed by atoms with Crippen LogP contribution in [0, 0.1) is 0 Å². The fraction of sp³-hybridized carbons (Fsp3) is 0.286. The molecular formula is C21H27N5O5S. The van der Waals surface area contributed by atoms with Crippen molar-refractivity contribution >= 4 is 39.6 Å². The van der Waals surface area contributed by atoms with Crippen LogP contribution in [0.1, 0.15) is 35.7 Å². The van der Waals surface area contributed by atoms with E-state index in [0.29, 0.717) is 35.3 Å². The molecule has 32 heavy (non-hydrogen) atoms. The first-order valence-corrected chi connectivity index (χ1v) is 11.6. The number of carbonyl (C=O) groups is 2. The number of nitrogens with two attached hydrogens (primary N) is 1. The maximum atomic E-state index is 12.5. The van der Waals surface area contributed by atoms with Crippen LogP contribution in [-0.2, 0) is 21.2 Å². The molecule has 0 radical (unpaired) electrons. The number of rotatable bonds is 12. The van der Waals surface area contributed by atoms with E-state index in [9.17, 15) is 23.1 Å². The van der Waals surface area contributed by atoms with E-state index < -0.39 is 22.0 Å². The molecule has 2 aromatic carbocycles. The molecule has 2 rings (SSSR count). The van der Waals surface area contributed by atoms with Crippen LogP contribution in [0.4, 0.5) is 11.4 Å². The molecule has 0 bridgehead atoms. The minimum atomic E-state index is -3.68. The first-order chi connectivity index (χ1) is 15.2. The molecule has 0 aliphatic rings. The summed E-state index contributed by atoms with van der Waals surface area (Å²) in [6, 6.07) is 12.0. The molecule has 2 aromatic rings. The number of carboxylic acid groups (broad SMARTS) is 1. The number of benzene rings is 2. The van der Waals surface area contributed by atoms with E-state index in [4.69, 9.17) is 5.84 Å². The number of hydrogen-bond acceptors (Lipinski definition) is 6. The van der Waals surface area contributed by atoms with Crippen molar-refractivity contribution < 1.29 is 23.1 Å². The molecule has 10 nitrogen and oxygen atoms in total. The van der Waals surface area contributed by atoms with E-state index in [1.54, 1.807) is 48.5 Å². The van der Waals surface area contributed by atoms with Crippen LogP contribution in [-0.4, -0.2) is 43.5 Å². The smallest absolute Gasteiger partial charge is 0.322 e. The Morgan fingerprint density at radius 1 is 1.16 bits per heavy atom. The maximum Gasteiger partial charge on any atom is 0.322 e. The average molecular weight is 462 g/mol. The first kappa shape index (κ1) is 24.8. The number of aliphatic carboxylic acids is 1. The zero-order chi connectivity index (χ0) is 23.6. The van der Waals surface area contributed by atoms with E-state index >= 15 is 0 Å². The Hall–Kier alpha value is -3.44. The second kappa shape index (κ2) is 11.8. The highest BCUT2D eigenvalue weighted by Crippen LogP contribution is 2.15. The minimum Gasteiger partial charge on any atom is -0.480 e. The van der Waals surface area contributed by atoms with Crippen LogP contribution in [0.3, 0.4) is 0 Å². The van der Waals surface area contributed by atoms with Gasteiger partial charge in [0.05, 0.1) is 5.75 Å². The largest absolute Gasteiger partial charge is 0.480 e. The average Bonchev–Trinajstić information content (AvgIpc) is 2.77. The van der Waals surface area contributed by atoms with Gasteiger partial charge in [-0.3, -0.25) is 9.59 Å². The second-order valence-electron chi connectivity index (χ2n) is 7.04. The molecule has 1 amide bonds. The van der Waals surface area contributed by atoms with Gasteiger partial charge in [0.2, 0.25) is 10.0 Å². The van der Waals surface area contributed by atoms with E-state index in [1.807, 2.05) is 6.92 Å². The summed E-state index contributed by atoms with van der Waals surface area (Å²) >= 11 is 0. The zero-order valence-electron chi connectivity index (χ0n) is 17.6. The van der Waals surface area contributed by atoms with Crippen molar-refractivity contribution in [2.45, 2.75) is 32.2 Å². The number of nitrogens with zero attached hydrogens (tertiary/aromatic N) is 1. The molecule has 0 aliphatic carbocycles. The Balaban J connectivity index is 2.02. The molecule has 0 heterocycles. The molecule has 0 saturated heterocycles. The molecule has 1 atom stereocenters. The lowest BCUT2D eigenvalue weighted by molar-refractivity contribution is -0.138. The van der Waals surface area contributed by atoms with Gasteiger partial charge in [0.25, 0.3) is 5.91 Å². The lowest BCUT2D eigenvalue weighted by atomic mass is 10.1. The highest BCUT2D eigenvalue weighted by Gasteiger charge is 2.24. The van der Waals surface area contributed by atoms with Gasteiger partial charge in [0, 0.05) is 16.9 Å². The van der Waals surface area contributed by atoms with Gasteiger partial charge in [-0.1, -0.05) is 31.5 Å². The van der Waals surface area contributed by atoms with Gasteiger partial charge >= 0.3 is 5.97 Å². The van der Waals surface area contributed by atoms with Crippen LogP contribution in [0.2, 0.25) is 0 Å². The molecule has 0 aromatic heterocycles. The van der Waals surface area contributed by atoms with Crippen molar-refractivity contribution in [1.82, 2.24) is 4.72 Å². The monoisotopic (exact) mass is 461 g/mol. The second-order valence-corrected chi connectivity index (χ2v) is 8.91. The highest BCUT2D eigenvalue weighted by atomic mass is 32.2. The first-order valence-electron chi connectivity index (χ1n) is 9.95. The van der Waals surface area contributed by atoms with Crippen LogP contribution < -0.4 is 21.2 Å². The molecule has 0 spiro atoms. The lowest BCUT2D eigenvalue weighted by Gasteiger charge is -2.15. The summed E-state index contributed by atoms with van der Waals surface area (Å²) in [5.41, 5.74) is 2.18. The quantitative estimate of drug-likeness (QED) is 0.140. The maximum absolute atomic E-state index is 12.5. The summed E-state index contributed by atoms with van der Waals surface area (Å²) in [7, 11) is -3.68. The molecule has 0 saturated carbocycles. The third-order valence-corrected chi connectivity index (χ3v) is 5.94. The number of hydrazone groups is 1. The lowest BCUT2D eigenvalue weighted by Crippen LogP contribution is -2.43. The van der Waals surface area contributed by atoms with Gasteiger partial charge in [-0.2, -0.15) is 5.10 Å².